The predicted molar refractivity (Wildman–Crippen MR) is 77.3 cm³/mol. The number of aryl methyl sites for hydroxylation is 1. The Kier molecular flexibility index (Phi) is 3.74. The van der Waals surface area contributed by atoms with Crippen molar-refractivity contribution in [3.8, 4) is 0 Å². The van der Waals surface area contributed by atoms with Crippen molar-refractivity contribution in [3.05, 3.63) is 33.7 Å². The minimum Gasteiger partial charge on any atom is -0.326 e. The highest BCUT2D eigenvalue weighted by Crippen LogP contribution is 2.31. The summed E-state index contributed by atoms with van der Waals surface area (Å²) >= 11 is 0. The van der Waals surface area contributed by atoms with E-state index in [-0.39, 0.29) is 5.56 Å². The summed E-state index contributed by atoms with van der Waals surface area (Å²) in [4.78, 5) is 14.4. The first-order valence-electron chi connectivity index (χ1n) is 7.72. The summed E-state index contributed by atoms with van der Waals surface area (Å²) in [5.74, 6) is 0.780. The Hall–Kier alpha value is -1.09. The lowest BCUT2D eigenvalue weighted by molar-refractivity contribution is 0.249. The molecule has 1 heterocycles. The molecule has 0 radical (unpaired) electrons. The number of aromatic nitrogens is 1. The summed E-state index contributed by atoms with van der Waals surface area (Å²) in [5, 5.41) is 3.86. The van der Waals surface area contributed by atoms with Gasteiger partial charge >= 0.3 is 0 Å². The molecular formula is C16H24N2O. The van der Waals surface area contributed by atoms with Gasteiger partial charge in [-0.3, -0.25) is 4.79 Å². The van der Waals surface area contributed by atoms with E-state index in [2.05, 4.69) is 17.2 Å². The number of rotatable bonds is 2. The van der Waals surface area contributed by atoms with E-state index in [0.29, 0.717) is 12.1 Å². The number of nitrogens with one attached hydrogen (secondary N) is 2. The predicted octanol–water partition coefficient (Wildman–Crippen LogP) is 2.92. The average molecular weight is 260 g/mol. The SMILES string of the molecule is CC1CCCCC1NC1CCCc2[nH]c(=O)ccc21. The number of fused-ring (bicyclic) bond motifs is 1. The van der Waals surface area contributed by atoms with Crippen LogP contribution in [0.25, 0.3) is 0 Å². The second-order valence-electron chi connectivity index (χ2n) is 6.24. The van der Waals surface area contributed by atoms with Crippen molar-refractivity contribution in [2.45, 2.75) is 64.0 Å². The van der Waals surface area contributed by atoms with Crippen molar-refractivity contribution in [2.75, 3.05) is 0 Å². The molecule has 0 aliphatic heterocycles. The quantitative estimate of drug-likeness (QED) is 0.858. The first-order valence-corrected chi connectivity index (χ1v) is 7.72. The van der Waals surface area contributed by atoms with Gasteiger partial charge in [-0.05, 0) is 43.6 Å². The molecule has 3 unspecified atom stereocenters. The van der Waals surface area contributed by atoms with E-state index in [0.717, 1.165) is 18.0 Å². The molecule has 3 nitrogen and oxygen atoms in total. The summed E-state index contributed by atoms with van der Waals surface area (Å²) in [5.41, 5.74) is 2.51. The molecule has 2 aliphatic carbocycles. The van der Waals surface area contributed by atoms with E-state index in [4.69, 9.17) is 0 Å². The molecule has 3 heteroatoms. The van der Waals surface area contributed by atoms with E-state index in [9.17, 15) is 4.79 Å². The fourth-order valence-electron chi connectivity index (χ4n) is 3.70. The Bertz CT molecular complexity index is 494. The van der Waals surface area contributed by atoms with Gasteiger partial charge < -0.3 is 10.3 Å². The monoisotopic (exact) mass is 260 g/mol. The highest BCUT2D eigenvalue weighted by atomic mass is 16.1. The van der Waals surface area contributed by atoms with Crippen molar-refractivity contribution >= 4 is 0 Å². The van der Waals surface area contributed by atoms with Gasteiger partial charge in [-0.15, -0.1) is 0 Å². The minimum atomic E-state index is 0.0328. The van der Waals surface area contributed by atoms with E-state index >= 15 is 0 Å². The van der Waals surface area contributed by atoms with Crippen LogP contribution >= 0.6 is 0 Å². The Morgan fingerprint density at radius 3 is 2.84 bits per heavy atom. The zero-order valence-corrected chi connectivity index (χ0v) is 11.7. The summed E-state index contributed by atoms with van der Waals surface area (Å²) in [6.07, 6.45) is 8.78. The van der Waals surface area contributed by atoms with Gasteiger partial charge in [0.15, 0.2) is 0 Å². The maximum Gasteiger partial charge on any atom is 0.248 e. The summed E-state index contributed by atoms with van der Waals surface area (Å²) in [7, 11) is 0. The van der Waals surface area contributed by atoms with Crippen LogP contribution in [0.2, 0.25) is 0 Å². The Labute approximate surface area is 114 Å². The van der Waals surface area contributed by atoms with Crippen molar-refractivity contribution in [3.63, 3.8) is 0 Å². The molecule has 1 aromatic heterocycles. The molecule has 0 bridgehead atoms. The van der Waals surface area contributed by atoms with Crippen molar-refractivity contribution in [1.29, 1.82) is 0 Å². The molecule has 3 atom stereocenters. The number of hydrogen-bond acceptors (Lipinski definition) is 2. The molecule has 0 saturated heterocycles. The van der Waals surface area contributed by atoms with Crippen molar-refractivity contribution in [1.82, 2.24) is 10.3 Å². The van der Waals surface area contributed by atoms with Gasteiger partial charge in [-0.25, -0.2) is 0 Å². The van der Waals surface area contributed by atoms with Crippen LogP contribution in [0, 0.1) is 5.92 Å². The molecule has 0 amide bonds. The third kappa shape index (κ3) is 2.76. The maximum atomic E-state index is 11.4. The first-order chi connectivity index (χ1) is 9.24. The van der Waals surface area contributed by atoms with Crippen LogP contribution in [0.4, 0.5) is 0 Å². The average Bonchev–Trinajstić information content (AvgIpc) is 2.41. The molecule has 2 N–H and O–H groups in total. The lowest BCUT2D eigenvalue weighted by Crippen LogP contribution is -2.41. The summed E-state index contributed by atoms with van der Waals surface area (Å²) < 4.78 is 0. The molecule has 2 aliphatic rings. The van der Waals surface area contributed by atoms with Gasteiger partial charge in [-0.1, -0.05) is 25.8 Å². The molecule has 19 heavy (non-hydrogen) atoms. The van der Waals surface area contributed by atoms with Gasteiger partial charge in [0.2, 0.25) is 5.56 Å². The zero-order chi connectivity index (χ0) is 13.2. The van der Waals surface area contributed by atoms with E-state index in [1.807, 2.05) is 6.07 Å². The lowest BCUT2D eigenvalue weighted by atomic mass is 9.83. The van der Waals surface area contributed by atoms with Crippen LogP contribution in [-0.2, 0) is 6.42 Å². The third-order valence-electron chi connectivity index (χ3n) is 4.86. The molecular weight excluding hydrogens is 236 g/mol. The molecule has 1 aromatic rings. The Morgan fingerprint density at radius 2 is 2.00 bits per heavy atom. The molecule has 1 saturated carbocycles. The third-order valence-corrected chi connectivity index (χ3v) is 4.86. The van der Waals surface area contributed by atoms with Crippen LogP contribution in [0.5, 0.6) is 0 Å². The number of aromatic amines is 1. The van der Waals surface area contributed by atoms with Crippen LogP contribution < -0.4 is 10.9 Å². The van der Waals surface area contributed by atoms with Gasteiger partial charge in [0, 0.05) is 23.8 Å². The van der Waals surface area contributed by atoms with Crippen molar-refractivity contribution < 1.29 is 0 Å². The van der Waals surface area contributed by atoms with E-state index < -0.39 is 0 Å². The fraction of sp³-hybridized carbons (Fsp3) is 0.688. The van der Waals surface area contributed by atoms with Gasteiger partial charge in [0.05, 0.1) is 0 Å². The maximum absolute atomic E-state index is 11.4. The Balaban J connectivity index is 1.78. The fourth-order valence-corrected chi connectivity index (χ4v) is 3.70. The zero-order valence-electron chi connectivity index (χ0n) is 11.7. The highest BCUT2D eigenvalue weighted by Gasteiger charge is 2.27. The molecule has 1 fully saturated rings. The lowest BCUT2D eigenvalue weighted by Gasteiger charge is -2.35. The number of hydrogen-bond donors (Lipinski definition) is 2. The van der Waals surface area contributed by atoms with Crippen LogP contribution in [0.15, 0.2) is 16.9 Å². The summed E-state index contributed by atoms with van der Waals surface area (Å²) in [6, 6.07) is 4.78. The van der Waals surface area contributed by atoms with E-state index in [1.165, 1.54) is 44.1 Å². The highest BCUT2D eigenvalue weighted by molar-refractivity contribution is 5.26. The van der Waals surface area contributed by atoms with E-state index in [1.54, 1.807) is 6.07 Å². The Morgan fingerprint density at radius 1 is 1.16 bits per heavy atom. The van der Waals surface area contributed by atoms with Crippen LogP contribution in [-0.4, -0.2) is 11.0 Å². The second kappa shape index (κ2) is 5.49. The molecule has 0 spiro atoms. The van der Waals surface area contributed by atoms with Crippen molar-refractivity contribution in [2.24, 2.45) is 5.92 Å². The van der Waals surface area contributed by atoms with Crippen LogP contribution in [0.3, 0.4) is 0 Å². The number of pyridine rings is 1. The first kappa shape index (κ1) is 12.9. The molecule has 104 valence electrons. The number of H-pyrrole nitrogens is 1. The minimum absolute atomic E-state index is 0.0328. The summed E-state index contributed by atoms with van der Waals surface area (Å²) in [6.45, 7) is 2.37. The standard InChI is InChI=1S/C16H24N2O/c1-11-5-2-3-6-13(11)17-14-7-4-8-15-12(14)9-10-16(19)18-15/h9-11,13-14,17H,2-8H2,1H3,(H,18,19). The smallest absolute Gasteiger partial charge is 0.248 e. The normalized spacial score (nSPS) is 30.9. The topological polar surface area (TPSA) is 44.9 Å². The van der Waals surface area contributed by atoms with Crippen LogP contribution in [0.1, 0.15) is 62.7 Å². The molecule has 0 aromatic carbocycles. The second-order valence-corrected chi connectivity index (χ2v) is 6.24. The van der Waals surface area contributed by atoms with Gasteiger partial charge in [-0.2, -0.15) is 0 Å². The molecule has 3 rings (SSSR count). The largest absolute Gasteiger partial charge is 0.326 e. The van der Waals surface area contributed by atoms with Gasteiger partial charge in [0.1, 0.15) is 0 Å². The van der Waals surface area contributed by atoms with Gasteiger partial charge in [0.25, 0.3) is 0 Å².